The third-order valence-electron chi connectivity index (χ3n) is 24.0. The van der Waals surface area contributed by atoms with Gasteiger partial charge in [-0.3, -0.25) is 29.1 Å². The molecule has 0 bridgehead atoms. The van der Waals surface area contributed by atoms with E-state index >= 15 is 0 Å². The zero-order chi connectivity index (χ0) is 66.7. The largest absolute Gasteiger partial charge is 0.480 e. The highest BCUT2D eigenvalue weighted by atomic mass is 16.6. The summed E-state index contributed by atoms with van der Waals surface area (Å²) in [5.41, 5.74) is 10.1. The van der Waals surface area contributed by atoms with Crippen LogP contribution in [0, 0.1) is 64.6 Å². The van der Waals surface area contributed by atoms with Gasteiger partial charge in [-0.15, -0.1) is 0 Å². The summed E-state index contributed by atoms with van der Waals surface area (Å²) in [7, 11) is 0. The molecule has 8 aliphatic carbocycles. The van der Waals surface area contributed by atoms with E-state index < -0.39 is 29.6 Å². The van der Waals surface area contributed by atoms with Crippen LogP contribution in [-0.4, -0.2) is 90.5 Å². The minimum Gasteiger partial charge on any atom is -0.480 e. The highest BCUT2D eigenvalue weighted by Gasteiger charge is 2.59. The average Bonchev–Trinajstić information content (AvgIpc) is 1.43. The Morgan fingerprint density at radius 1 is 0.531 bits per heavy atom. The molecule has 14 atom stereocenters. The summed E-state index contributed by atoms with van der Waals surface area (Å²) >= 11 is 0. The van der Waals surface area contributed by atoms with Crippen molar-refractivity contribution in [2.45, 2.75) is 228 Å². The van der Waals surface area contributed by atoms with Crippen molar-refractivity contribution in [2.75, 3.05) is 0 Å². The summed E-state index contributed by atoms with van der Waals surface area (Å²) in [6.45, 7) is 18.9. The lowest BCUT2D eigenvalue weighted by Gasteiger charge is -2.57. The van der Waals surface area contributed by atoms with Crippen LogP contribution in [0.5, 0.6) is 0 Å². The summed E-state index contributed by atoms with van der Waals surface area (Å²) in [5, 5.41) is 9.58. The molecule has 516 valence electrons. The SMILES string of the molecule is C.C[C@@H](C(=O)O)N(Cc1ccccc1)C(=O)CCC(=O)O[C@H]1CC[C@@]2(C)C(=CC[C@@H]3[C@@H]2CC[C@]2(C)C(c4cccnc4)=CC[C@@H]32)C1.C[C@@H](C(=O)OC(C)(C)C)N(Cc1ccccc1)C(=O)CCC(=O)O[C@H]1CC[C@@]2(C)C(=CC[C@@H]3[C@@H]2CC[C@]2(C)C(c4cccnc4)=CC[C@@H]32)C1.[CH3-]. The Morgan fingerprint density at radius 3 is 1.32 bits per heavy atom. The van der Waals surface area contributed by atoms with Gasteiger partial charge in [0.05, 0.1) is 12.8 Å². The van der Waals surface area contributed by atoms with E-state index in [1.807, 2.05) is 118 Å². The van der Waals surface area contributed by atoms with Crippen molar-refractivity contribution in [1.29, 1.82) is 0 Å². The first-order valence-corrected chi connectivity index (χ1v) is 35.0. The summed E-state index contributed by atoms with van der Waals surface area (Å²) in [4.78, 5) is 89.0. The standard InChI is InChI=1S/C42H54N2O5.C38H46N2O5.CH4.CH3/c1-28(39(47)49-40(2,3)4)44(27-29-11-8-7-9-12-29)37(45)18-19-38(46)48-32-20-22-41(5)31(25-32)14-15-33-35-17-16-34(30-13-10-24-43-26-30)42(35,6)23-21-36(33)41;1-25(36(43)44)40(24-26-8-5-4-6-9-26)34(41)15-16-35(42)45-29-17-19-37(2)28(22-29)11-12-30-32-14-13-31(27-10-7-21-39-23-27)38(32,3)20-18-33(30)37;;/h7-14,16,24,26,28,32-33,35-36H,15,17-23,25,27H2,1-6H3;4-11,13,21,23,25,29-30,32-33H,12,14-20,22,24H2,1-3H3,(H,43,44);1H4;1H3/q;;;-1/t28-,32-,33-,35-,36-,41-,42+;25-,29-,30-,32-,33-,37-,38+;;/m00../s1. The van der Waals surface area contributed by atoms with Gasteiger partial charge in [-0.1, -0.05) is 143 Å². The summed E-state index contributed by atoms with van der Waals surface area (Å²) in [6, 6.07) is 25.6. The van der Waals surface area contributed by atoms with Crippen molar-refractivity contribution in [1.82, 2.24) is 19.8 Å². The fourth-order valence-corrected chi connectivity index (χ4v) is 18.8. The minimum absolute atomic E-state index is 0. The smallest absolute Gasteiger partial charge is 0.329 e. The van der Waals surface area contributed by atoms with Crippen molar-refractivity contribution < 1.29 is 48.1 Å². The van der Waals surface area contributed by atoms with E-state index in [-0.39, 0.29) is 111 Å². The minimum atomic E-state index is -1.07. The fraction of sp³-hybridized carbons (Fsp3) is 0.549. The van der Waals surface area contributed by atoms with Crippen LogP contribution in [-0.2, 0) is 56.1 Å². The number of aliphatic carboxylic acids is 1. The number of pyridine rings is 2. The lowest BCUT2D eigenvalue weighted by atomic mass is 9.47. The number of hydrogen-bond acceptors (Lipinski definition) is 11. The molecule has 1 N–H and O–H groups in total. The molecular weight excluding hydrogens is 1200 g/mol. The molecule has 2 aromatic heterocycles. The van der Waals surface area contributed by atoms with Gasteiger partial charge in [0.2, 0.25) is 11.8 Å². The van der Waals surface area contributed by atoms with E-state index in [0.717, 1.165) is 75.3 Å². The maximum atomic E-state index is 13.5. The van der Waals surface area contributed by atoms with Crippen molar-refractivity contribution >= 4 is 46.8 Å². The first-order chi connectivity index (χ1) is 44.9. The van der Waals surface area contributed by atoms with E-state index in [0.29, 0.717) is 35.5 Å². The van der Waals surface area contributed by atoms with Gasteiger partial charge in [0.25, 0.3) is 0 Å². The number of carbonyl (C=O) groups is 6. The highest BCUT2D eigenvalue weighted by molar-refractivity contribution is 5.87. The molecule has 0 radical (unpaired) electrons. The fourth-order valence-electron chi connectivity index (χ4n) is 18.8. The summed E-state index contributed by atoms with van der Waals surface area (Å²) < 4.78 is 17.6. The number of carbonyl (C=O) groups excluding carboxylic acids is 5. The molecule has 8 aliphatic rings. The van der Waals surface area contributed by atoms with Crippen LogP contribution in [0.25, 0.3) is 11.1 Å². The first-order valence-electron chi connectivity index (χ1n) is 35.0. The van der Waals surface area contributed by atoms with Crippen molar-refractivity contribution in [3.8, 4) is 0 Å². The van der Waals surface area contributed by atoms with Gasteiger partial charge in [0.1, 0.15) is 29.9 Å². The van der Waals surface area contributed by atoms with Crippen molar-refractivity contribution in [3.63, 3.8) is 0 Å². The Labute approximate surface area is 572 Å². The van der Waals surface area contributed by atoms with Gasteiger partial charge in [-0.2, -0.15) is 0 Å². The van der Waals surface area contributed by atoms with Gasteiger partial charge in [0.15, 0.2) is 0 Å². The Hall–Kier alpha value is -7.48. The molecule has 2 heterocycles. The number of esters is 3. The zero-order valence-corrected chi connectivity index (χ0v) is 58.0. The number of fused-ring (bicyclic) bond motifs is 10. The third-order valence-corrected chi connectivity index (χ3v) is 24.0. The van der Waals surface area contributed by atoms with Crippen molar-refractivity contribution in [3.05, 3.63) is 175 Å². The molecule has 0 saturated heterocycles. The number of ether oxygens (including phenoxy) is 3. The van der Waals surface area contributed by atoms with E-state index in [9.17, 15) is 33.9 Å². The predicted octanol–water partition coefficient (Wildman–Crippen LogP) is 16.8. The molecule has 14 heteroatoms. The molecule has 0 aliphatic heterocycles. The maximum absolute atomic E-state index is 13.5. The lowest BCUT2D eigenvalue weighted by molar-refractivity contribution is -0.164. The quantitative estimate of drug-likeness (QED) is 0.0431. The van der Waals surface area contributed by atoms with Crippen LogP contribution in [0.3, 0.4) is 0 Å². The van der Waals surface area contributed by atoms with Gasteiger partial charge < -0.3 is 36.5 Å². The van der Waals surface area contributed by atoms with Crippen LogP contribution in [0.2, 0.25) is 0 Å². The number of amides is 2. The second kappa shape index (κ2) is 30.1. The van der Waals surface area contributed by atoms with Gasteiger partial charge in [0, 0.05) is 63.6 Å². The number of rotatable bonds is 18. The van der Waals surface area contributed by atoms with Gasteiger partial charge in [-0.05, 0) is 214 Å². The van der Waals surface area contributed by atoms with Crippen LogP contribution in [0.4, 0.5) is 0 Å². The number of carboxylic acids is 1. The topological polar surface area (TPSA) is 183 Å². The Kier molecular flexibility index (Phi) is 22.8. The predicted molar refractivity (Wildman–Crippen MR) is 376 cm³/mol. The Balaban J connectivity index is 0.000000221. The average molecular weight is 1310 g/mol. The van der Waals surface area contributed by atoms with Crippen molar-refractivity contribution in [2.24, 2.45) is 57.2 Å². The van der Waals surface area contributed by atoms with E-state index in [1.54, 1.807) is 6.92 Å². The Bertz CT molecular complexity index is 3540. The number of benzene rings is 2. The van der Waals surface area contributed by atoms with Crippen LogP contribution in [0.15, 0.2) is 145 Å². The van der Waals surface area contributed by atoms with Gasteiger partial charge in [-0.25, -0.2) is 9.59 Å². The molecule has 12 rings (SSSR count). The molecule has 14 nitrogen and oxygen atoms in total. The summed E-state index contributed by atoms with van der Waals surface area (Å²) in [5.74, 6) is 0.963. The normalized spacial score (nSPS) is 29.6. The van der Waals surface area contributed by atoms with Crippen LogP contribution >= 0.6 is 0 Å². The van der Waals surface area contributed by atoms with E-state index in [2.05, 4.69) is 74.1 Å². The maximum Gasteiger partial charge on any atom is 0.329 e. The number of allylic oxidation sites excluding steroid dienone is 6. The number of hydrogen-bond donors (Lipinski definition) is 1. The Morgan fingerprint density at radius 2 is 0.938 bits per heavy atom. The van der Waals surface area contributed by atoms with E-state index in [1.165, 1.54) is 75.8 Å². The van der Waals surface area contributed by atoms with Crippen LogP contribution in [0.1, 0.15) is 208 Å². The zero-order valence-electron chi connectivity index (χ0n) is 58.0. The highest BCUT2D eigenvalue weighted by Crippen LogP contribution is 2.68. The van der Waals surface area contributed by atoms with Crippen LogP contribution < -0.4 is 0 Å². The second-order valence-corrected chi connectivity index (χ2v) is 30.6. The molecule has 2 aromatic carbocycles. The molecule has 2 amide bonds. The number of aromatic nitrogens is 2. The van der Waals surface area contributed by atoms with Gasteiger partial charge >= 0.3 is 23.9 Å². The summed E-state index contributed by atoms with van der Waals surface area (Å²) in [6.07, 6.45) is 31.6. The molecule has 0 unspecified atom stereocenters. The molecule has 4 fully saturated rings. The number of nitrogens with zero attached hydrogens (tertiary/aromatic N) is 4. The monoisotopic (exact) mass is 1310 g/mol. The van der Waals surface area contributed by atoms with E-state index in [4.69, 9.17) is 14.2 Å². The number of carboxylic acid groups (broad SMARTS) is 1. The third kappa shape index (κ3) is 15.3. The second-order valence-electron chi connectivity index (χ2n) is 30.6. The molecule has 4 aromatic rings. The first kappa shape index (κ1) is 72.8. The molecular formula is C82H107N4O10-. The lowest BCUT2D eigenvalue weighted by Crippen LogP contribution is -2.50. The molecule has 0 spiro atoms. The molecule has 4 saturated carbocycles. The molecule has 96 heavy (non-hydrogen) atoms.